The highest BCUT2D eigenvalue weighted by Crippen LogP contribution is 2.26. The van der Waals surface area contributed by atoms with Crippen molar-refractivity contribution in [2.24, 2.45) is 0 Å². The molecule has 0 aliphatic carbocycles. The van der Waals surface area contributed by atoms with Crippen molar-refractivity contribution in [1.29, 1.82) is 0 Å². The fourth-order valence-electron chi connectivity index (χ4n) is 2.49. The van der Waals surface area contributed by atoms with Crippen molar-refractivity contribution >= 4 is 34.7 Å². The van der Waals surface area contributed by atoms with Gasteiger partial charge in [0.05, 0.1) is 0 Å². The minimum absolute atomic E-state index is 0.0310. The molecule has 0 aliphatic heterocycles. The van der Waals surface area contributed by atoms with Crippen LogP contribution in [0.15, 0.2) is 64.3 Å². The zero-order valence-corrected chi connectivity index (χ0v) is 15.9. The van der Waals surface area contributed by atoms with Crippen LogP contribution in [0.4, 0.5) is 5.69 Å². The van der Waals surface area contributed by atoms with Crippen LogP contribution in [0, 0.1) is 6.92 Å². The largest absolute Gasteiger partial charge is 0.309 e. The van der Waals surface area contributed by atoms with E-state index in [9.17, 15) is 4.79 Å². The Bertz CT molecular complexity index is 828. The van der Waals surface area contributed by atoms with Crippen LogP contribution in [0.25, 0.3) is 0 Å². The Morgan fingerprint density at radius 2 is 1.84 bits per heavy atom. The molecule has 0 spiro atoms. The van der Waals surface area contributed by atoms with Gasteiger partial charge in [-0.3, -0.25) is 4.79 Å². The number of carbonyl (C=O) groups excluding carboxylic acids is 1. The molecule has 128 valence electrons. The Hall–Kier alpha value is -2.11. The summed E-state index contributed by atoms with van der Waals surface area (Å²) in [6.07, 6.45) is 0. The first-order valence-corrected chi connectivity index (χ1v) is 10.0. The normalized spacial score (nSPS) is 10.6. The lowest BCUT2D eigenvalue weighted by Gasteiger charge is -2.21. The van der Waals surface area contributed by atoms with Gasteiger partial charge in [-0.15, -0.1) is 11.3 Å². The number of benzene rings is 2. The van der Waals surface area contributed by atoms with Gasteiger partial charge in [0.1, 0.15) is 4.34 Å². The fourth-order valence-corrected chi connectivity index (χ4v) is 4.30. The maximum absolute atomic E-state index is 12.8. The van der Waals surface area contributed by atoms with E-state index in [2.05, 4.69) is 10.4 Å². The van der Waals surface area contributed by atoms with Crippen LogP contribution >= 0.6 is 23.1 Å². The zero-order chi connectivity index (χ0) is 17.6. The summed E-state index contributed by atoms with van der Waals surface area (Å²) < 4.78 is 1.08. The lowest BCUT2D eigenvalue weighted by molar-refractivity contribution is 0.0988. The number of anilines is 1. The smallest absolute Gasteiger partial charge is 0.258 e. The van der Waals surface area contributed by atoms with Gasteiger partial charge in [0.25, 0.3) is 5.91 Å². The number of amides is 1. The van der Waals surface area contributed by atoms with Crippen molar-refractivity contribution in [2.45, 2.75) is 23.9 Å². The standard InChI is InChI=1S/C20H20N2OS2/c1-3-22(18-7-5-4-6-8-18)19(23)17-11-9-16(10-12-17)14-25-20-21-15(2)13-24-20/h4-13H,3,14H2,1-2H3. The van der Waals surface area contributed by atoms with E-state index < -0.39 is 0 Å². The molecule has 0 saturated heterocycles. The van der Waals surface area contributed by atoms with Crippen molar-refractivity contribution in [3.05, 3.63) is 76.8 Å². The minimum atomic E-state index is 0.0310. The number of aryl methyl sites for hydroxylation is 1. The van der Waals surface area contributed by atoms with Gasteiger partial charge >= 0.3 is 0 Å². The molecule has 0 fully saturated rings. The highest BCUT2D eigenvalue weighted by Gasteiger charge is 2.15. The van der Waals surface area contributed by atoms with Crippen molar-refractivity contribution in [3.63, 3.8) is 0 Å². The van der Waals surface area contributed by atoms with E-state index in [0.29, 0.717) is 12.1 Å². The summed E-state index contributed by atoms with van der Waals surface area (Å²) in [4.78, 5) is 19.0. The summed E-state index contributed by atoms with van der Waals surface area (Å²) >= 11 is 3.40. The van der Waals surface area contributed by atoms with Crippen molar-refractivity contribution in [1.82, 2.24) is 4.98 Å². The second-order valence-electron chi connectivity index (χ2n) is 5.63. The molecule has 0 bridgehead atoms. The molecule has 2 aromatic carbocycles. The van der Waals surface area contributed by atoms with E-state index in [-0.39, 0.29) is 5.91 Å². The van der Waals surface area contributed by atoms with Gasteiger partial charge in [-0.25, -0.2) is 4.98 Å². The van der Waals surface area contributed by atoms with Crippen LogP contribution < -0.4 is 4.90 Å². The lowest BCUT2D eigenvalue weighted by Crippen LogP contribution is -2.30. The SMILES string of the molecule is CCN(C(=O)c1ccc(CSc2nc(C)cs2)cc1)c1ccccc1. The van der Waals surface area contributed by atoms with Crippen molar-refractivity contribution in [3.8, 4) is 0 Å². The Kier molecular flexibility index (Phi) is 5.89. The van der Waals surface area contributed by atoms with Gasteiger partial charge in [0.2, 0.25) is 0 Å². The van der Waals surface area contributed by atoms with Gasteiger partial charge < -0.3 is 4.90 Å². The van der Waals surface area contributed by atoms with E-state index in [1.807, 2.05) is 68.4 Å². The van der Waals surface area contributed by atoms with Crippen molar-refractivity contribution in [2.75, 3.05) is 11.4 Å². The predicted molar refractivity (Wildman–Crippen MR) is 107 cm³/mol. The molecule has 0 atom stereocenters. The monoisotopic (exact) mass is 368 g/mol. The van der Waals surface area contributed by atoms with Crippen LogP contribution in [0.2, 0.25) is 0 Å². The fraction of sp³-hybridized carbons (Fsp3) is 0.200. The third kappa shape index (κ3) is 4.50. The second kappa shape index (κ2) is 8.32. The summed E-state index contributed by atoms with van der Waals surface area (Å²) in [6, 6.07) is 17.7. The number of aromatic nitrogens is 1. The highest BCUT2D eigenvalue weighted by molar-refractivity contribution is 8.00. The Labute approximate surface area is 156 Å². The number of thioether (sulfide) groups is 1. The van der Waals surface area contributed by atoms with Gasteiger partial charge in [-0.1, -0.05) is 42.1 Å². The van der Waals surface area contributed by atoms with E-state index in [0.717, 1.165) is 21.5 Å². The summed E-state index contributed by atoms with van der Waals surface area (Å²) in [5.41, 5.74) is 3.89. The molecule has 25 heavy (non-hydrogen) atoms. The van der Waals surface area contributed by atoms with Gasteiger partial charge in [0, 0.05) is 34.6 Å². The van der Waals surface area contributed by atoms with Crippen LogP contribution in [0.1, 0.15) is 28.5 Å². The molecule has 1 amide bonds. The second-order valence-corrected chi connectivity index (χ2v) is 7.71. The molecule has 0 unspecified atom stereocenters. The van der Waals surface area contributed by atoms with Gasteiger partial charge in [-0.2, -0.15) is 0 Å². The first-order chi connectivity index (χ1) is 12.2. The van der Waals surface area contributed by atoms with Crippen LogP contribution in [0.5, 0.6) is 0 Å². The molecule has 1 aromatic heterocycles. The average molecular weight is 369 g/mol. The number of para-hydroxylation sites is 1. The van der Waals surface area contributed by atoms with Crippen LogP contribution in [-0.4, -0.2) is 17.4 Å². The molecular weight excluding hydrogens is 348 g/mol. The highest BCUT2D eigenvalue weighted by atomic mass is 32.2. The van der Waals surface area contributed by atoms with Gasteiger partial charge in [-0.05, 0) is 43.7 Å². The van der Waals surface area contributed by atoms with Crippen molar-refractivity contribution < 1.29 is 4.79 Å². The number of carbonyl (C=O) groups is 1. The number of rotatable bonds is 6. The molecular formula is C20H20N2OS2. The Morgan fingerprint density at radius 3 is 2.44 bits per heavy atom. The number of nitrogens with zero attached hydrogens (tertiary/aromatic N) is 2. The Morgan fingerprint density at radius 1 is 1.12 bits per heavy atom. The molecule has 0 saturated carbocycles. The molecule has 0 aliphatic rings. The summed E-state index contributed by atoms with van der Waals surface area (Å²) in [7, 11) is 0. The molecule has 0 N–H and O–H groups in total. The first-order valence-electron chi connectivity index (χ1n) is 8.18. The van der Waals surface area contributed by atoms with E-state index in [1.165, 1.54) is 5.56 Å². The van der Waals surface area contributed by atoms with Crippen LogP contribution in [-0.2, 0) is 5.75 Å². The molecule has 3 aromatic rings. The van der Waals surface area contributed by atoms with E-state index in [1.54, 1.807) is 28.0 Å². The molecule has 3 nitrogen and oxygen atoms in total. The third-order valence-corrected chi connectivity index (χ3v) is 6.00. The summed E-state index contributed by atoms with van der Waals surface area (Å²) in [6.45, 7) is 4.64. The maximum atomic E-state index is 12.8. The maximum Gasteiger partial charge on any atom is 0.258 e. The number of hydrogen-bond donors (Lipinski definition) is 0. The topological polar surface area (TPSA) is 33.2 Å². The quantitative estimate of drug-likeness (QED) is 0.545. The molecule has 3 rings (SSSR count). The number of thiazole rings is 1. The predicted octanol–water partition coefficient (Wildman–Crippen LogP) is 5.41. The molecule has 1 heterocycles. The van der Waals surface area contributed by atoms with Crippen LogP contribution in [0.3, 0.4) is 0 Å². The third-order valence-electron chi connectivity index (χ3n) is 3.79. The lowest BCUT2D eigenvalue weighted by atomic mass is 10.1. The zero-order valence-electron chi connectivity index (χ0n) is 14.3. The average Bonchev–Trinajstić information content (AvgIpc) is 3.07. The first kappa shape index (κ1) is 17.7. The van der Waals surface area contributed by atoms with E-state index in [4.69, 9.17) is 0 Å². The summed E-state index contributed by atoms with van der Waals surface area (Å²) in [5.74, 6) is 0.890. The Balaban J connectivity index is 1.67. The molecule has 0 radical (unpaired) electrons. The minimum Gasteiger partial charge on any atom is -0.309 e. The van der Waals surface area contributed by atoms with E-state index >= 15 is 0 Å². The molecule has 5 heteroatoms. The van der Waals surface area contributed by atoms with Gasteiger partial charge in [0.15, 0.2) is 0 Å². The number of hydrogen-bond acceptors (Lipinski definition) is 4. The summed E-state index contributed by atoms with van der Waals surface area (Å²) in [5, 5.41) is 2.06.